The van der Waals surface area contributed by atoms with Gasteiger partial charge in [0.2, 0.25) is 0 Å². The zero-order valence-corrected chi connectivity index (χ0v) is 26.9. The van der Waals surface area contributed by atoms with Gasteiger partial charge in [-0.15, -0.1) is 12.3 Å². The van der Waals surface area contributed by atoms with Crippen LogP contribution in [-0.4, -0.2) is 77.7 Å². The van der Waals surface area contributed by atoms with Crippen molar-refractivity contribution in [3.8, 4) is 12.3 Å². The molecule has 0 spiro atoms. The number of hydrogen-bond acceptors (Lipinski definition) is 11. The number of unbranched alkanes of at least 4 members (excludes halogenated alkanes) is 6. The second-order valence-corrected chi connectivity index (χ2v) is 9.16. The minimum atomic E-state index is -1.13. The van der Waals surface area contributed by atoms with E-state index < -0.39 is 23.9 Å². The number of esters is 2. The van der Waals surface area contributed by atoms with Crippen LogP contribution in [0.15, 0.2) is 46.7 Å². The summed E-state index contributed by atoms with van der Waals surface area (Å²) < 4.78 is 3.97. The number of ketones is 1. The number of aliphatic carboxylic acids is 2. The van der Waals surface area contributed by atoms with Crippen molar-refractivity contribution < 1.29 is 54.2 Å². The van der Waals surface area contributed by atoms with E-state index in [-0.39, 0.29) is 24.0 Å². The third-order valence-electron chi connectivity index (χ3n) is 5.16. The molecule has 0 radical (unpaired) electrons. The highest BCUT2D eigenvalue weighted by Crippen LogP contribution is 2.07. The van der Waals surface area contributed by atoms with Gasteiger partial charge >= 0.3 is 17.9 Å². The maximum Gasteiger partial charge on any atom is 0.338 e. The Morgan fingerprint density at radius 3 is 1.73 bits per heavy atom. The van der Waals surface area contributed by atoms with Crippen LogP contribution < -0.4 is 10.8 Å². The third kappa shape index (κ3) is 36.4. The average Bonchev–Trinajstić information content (AvgIpc) is 3.58. The van der Waals surface area contributed by atoms with E-state index in [9.17, 15) is 28.8 Å². The molecule has 48 heavy (non-hydrogen) atoms. The molecule has 262 valence electrons. The van der Waals surface area contributed by atoms with Crippen LogP contribution in [0.1, 0.15) is 71.1 Å². The number of ether oxygens (including phenoxy) is 1. The number of carbonyl (C=O) groups is 7. The van der Waals surface area contributed by atoms with Crippen molar-refractivity contribution in [2.24, 2.45) is 10.2 Å². The van der Waals surface area contributed by atoms with E-state index in [4.69, 9.17) is 32.5 Å². The summed E-state index contributed by atoms with van der Waals surface area (Å²) in [5, 5.41) is 23.9. The summed E-state index contributed by atoms with van der Waals surface area (Å²) in [5.74, 6) is -1.79. The summed E-state index contributed by atoms with van der Waals surface area (Å²) in [7, 11) is 0. The number of amides is 2. The van der Waals surface area contributed by atoms with Crippen LogP contribution in [0.5, 0.6) is 0 Å². The van der Waals surface area contributed by atoms with Gasteiger partial charge in [-0.25, -0.2) is 14.4 Å². The molecule has 0 saturated carbocycles. The molecular formula is C30H42N8O10. The van der Waals surface area contributed by atoms with Gasteiger partial charge in [0.1, 0.15) is 0 Å². The predicted octanol–water partition coefficient (Wildman–Crippen LogP) is 1.87. The molecule has 0 unspecified atom stereocenters. The molecule has 0 bridgehead atoms. The summed E-state index contributed by atoms with van der Waals surface area (Å²) in [6, 6.07) is 0. The fourth-order valence-electron chi connectivity index (χ4n) is 3.01. The highest BCUT2D eigenvalue weighted by Gasteiger charge is 2.22. The van der Waals surface area contributed by atoms with E-state index >= 15 is 0 Å². The lowest BCUT2D eigenvalue weighted by Gasteiger charge is -2.12. The van der Waals surface area contributed by atoms with Gasteiger partial charge in [0.25, 0.3) is 11.8 Å². The summed E-state index contributed by atoms with van der Waals surface area (Å²) >= 11 is 0. The Morgan fingerprint density at radius 1 is 0.896 bits per heavy atom. The molecule has 18 nitrogen and oxygen atoms in total. The molecule has 2 amide bonds. The van der Waals surface area contributed by atoms with Gasteiger partial charge in [0.15, 0.2) is 5.78 Å². The van der Waals surface area contributed by atoms with Gasteiger partial charge in [-0.2, -0.15) is 0 Å². The van der Waals surface area contributed by atoms with E-state index in [0.29, 0.717) is 26.1 Å². The van der Waals surface area contributed by atoms with Crippen molar-refractivity contribution >= 4 is 41.5 Å². The zero-order chi connectivity index (χ0) is 37.0. The molecule has 0 saturated heterocycles. The molecular weight excluding hydrogens is 632 g/mol. The first-order valence-electron chi connectivity index (χ1n) is 14.7. The standard InChI is InChI=1S/C10H14N4O2.C8H8O3.C6H14N4.C4H2O3.C2H4O2/c11-13-12-7-3-1-2-4-8-14-9(15)5-6-10(14)16;1-2-3-4-7(9)5-6-8(10)11;7-5-3-1-2-4-6-9-10-8;5-3-1-2-4(6)7-3;1-2(3)4/h5-6H,1-4,7-8H2;1,5-6H,3-4H2,(H,10,11);1-7H2;1-2H;1H3,(H,3,4)/b;6-5-;;;. The Balaban J connectivity index is -0.000000561. The minimum absolute atomic E-state index is 0.209. The number of azide groups is 2. The molecule has 0 fully saturated rings. The van der Waals surface area contributed by atoms with Gasteiger partial charge < -0.3 is 25.5 Å². The Kier molecular flexibility index (Phi) is 33.2. The summed E-state index contributed by atoms with van der Waals surface area (Å²) in [5.41, 5.74) is 19.7. The molecule has 0 atom stereocenters. The van der Waals surface area contributed by atoms with E-state index in [2.05, 4.69) is 36.4 Å². The number of hydrogen-bond donors (Lipinski definition) is 2. The van der Waals surface area contributed by atoms with E-state index in [0.717, 1.165) is 76.3 Å². The highest BCUT2D eigenvalue weighted by molar-refractivity contribution is 6.12. The lowest BCUT2D eigenvalue weighted by Crippen LogP contribution is -2.50. The summed E-state index contributed by atoms with van der Waals surface area (Å²) in [6.45, 7) is 3.63. The Bertz CT molecular complexity index is 1240. The summed E-state index contributed by atoms with van der Waals surface area (Å²) in [4.78, 5) is 78.2. The number of allylic oxidation sites excluding steroid dienone is 1. The first-order chi connectivity index (χ1) is 22.9. The van der Waals surface area contributed by atoms with Crippen molar-refractivity contribution in [3.63, 3.8) is 0 Å². The monoisotopic (exact) mass is 674 g/mol. The number of carbonyl (C=O) groups excluding carboxylic acids is 6. The first kappa shape index (κ1) is 46.7. The number of carboxylic acid groups (broad SMARTS) is 2. The van der Waals surface area contributed by atoms with E-state index in [1.807, 2.05) is 0 Å². The number of nitrogens with zero attached hydrogens (tertiary/aromatic N) is 7. The molecule has 0 aromatic carbocycles. The molecule has 2 aliphatic rings. The molecule has 0 aliphatic carbocycles. The number of terminal acetylenes is 1. The van der Waals surface area contributed by atoms with Gasteiger partial charge in [0.05, 0.1) is 6.54 Å². The lowest BCUT2D eigenvalue weighted by atomic mass is 10.2. The van der Waals surface area contributed by atoms with Gasteiger partial charge in [-0.1, -0.05) is 29.5 Å². The largest absolute Gasteiger partial charge is 0.550 e. The van der Waals surface area contributed by atoms with Crippen molar-refractivity contribution in [2.45, 2.75) is 71.1 Å². The maximum atomic E-state index is 11.2. The molecule has 0 aromatic heterocycles. The van der Waals surface area contributed by atoms with Crippen LogP contribution in [0.3, 0.4) is 0 Å². The van der Waals surface area contributed by atoms with E-state index in [1.54, 1.807) is 0 Å². The van der Waals surface area contributed by atoms with Gasteiger partial charge in [-0.3, -0.25) is 19.3 Å². The number of imide groups is 1. The van der Waals surface area contributed by atoms with Crippen LogP contribution in [0, 0.1) is 12.3 Å². The number of cyclic esters (lactones) is 2. The Hall–Kier alpha value is -5.75. The second-order valence-electron chi connectivity index (χ2n) is 9.16. The first-order valence-corrected chi connectivity index (χ1v) is 14.7. The molecule has 2 aliphatic heterocycles. The molecule has 2 heterocycles. The summed E-state index contributed by atoms with van der Waals surface area (Å²) in [6.07, 6.45) is 20.1. The SMILES string of the molecule is C#CCCC(=O)/C=C\C(=O)O.CC(=O)[O-].O=C1C=CC(=O)O1.[N-]=[N+]=NCCCCCCN1C(=O)C=CC1=O.[N-]=[N+]=NCCCCCC[NH3+]. The predicted molar refractivity (Wildman–Crippen MR) is 169 cm³/mol. The van der Waals surface area contributed by atoms with Crippen molar-refractivity contribution in [1.82, 2.24) is 4.90 Å². The number of carboxylic acids is 2. The molecule has 0 aromatic rings. The van der Waals surface area contributed by atoms with Crippen LogP contribution in [0.2, 0.25) is 0 Å². The molecule has 18 heteroatoms. The average molecular weight is 675 g/mol. The van der Waals surface area contributed by atoms with Gasteiger partial charge in [0, 0.05) is 78.6 Å². The van der Waals surface area contributed by atoms with Crippen LogP contribution in [-0.2, 0) is 38.3 Å². The van der Waals surface area contributed by atoms with Crippen molar-refractivity contribution in [2.75, 3.05) is 26.2 Å². The van der Waals surface area contributed by atoms with Crippen molar-refractivity contribution in [3.05, 3.63) is 57.3 Å². The van der Waals surface area contributed by atoms with E-state index in [1.165, 1.54) is 29.9 Å². The van der Waals surface area contributed by atoms with Gasteiger partial charge in [-0.05, 0) is 56.2 Å². The van der Waals surface area contributed by atoms with Crippen LogP contribution >= 0.6 is 0 Å². The number of rotatable bonds is 17. The Morgan fingerprint density at radius 2 is 1.35 bits per heavy atom. The third-order valence-corrected chi connectivity index (χ3v) is 5.16. The molecule has 2 rings (SSSR count). The fourth-order valence-corrected chi connectivity index (χ4v) is 3.01. The van der Waals surface area contributed by atoms with Crippen LogP contribution in [0.25, 0.3) is 20.9 Å². The van der Waals surface area contributed by atoms with Crippen LogP contribution in [0.4, 0.5) is 0 Å². The number of quaternary nitrogens is 1. The lowest BCUT2D eigenvalue weighted by molar-refractivity contribution is -0.368. The minimum Gasteiger partial charge on any atom is -0.550 e. The normalized spacial score (nSPS) is 11.9. The maximum absolute atomic E-state index is 11.2. The zero-order valence-electron chi connectivity index (χ0n) is 26.9. The molecule has 4 N–H and O–H groups in total. The highest BCUT2D eigenvalue weighted by atomic mass is 16.6. The fraction of sp³-hybridized carbons (Fsp3) is 0.500. The smallest absolute Gasteiger partial charge is 0.338 e. The Labute approximate surface area is 277 Å². The van der Waals surface area contributed by atoms with Crippen molar-refractivity contribution in [1.29, 1.82) is 0 Å². The quantitative estimate of drug-likeness (QED) is 0.0260. The topological polar surface area (TPSA) is 300 Å². The second kappa shape index (κ2) is 34.1.